The van der Waals surface area contributed by atoms with Gasteiger partial charge in [0.15, 0.2) is 0 Å². The van der Waals surface area contributed by atoms with E-state index in [-0.39, 0.29) is 30.8 Å². The van der Waals surface area contributed by atoms with Crippen molar-refractivity contribution in [1.29, 1.82) is 0 Å². The summed E-state index contributed by atoms with van der Waals surface area (Å²) in [5.74, 6) is 0.676. The lowest BCUT2D eigenvalue weighted by Crippen LogP contribution is -2.50. The summed E-state index contributed by atoms with van der Waals surface area (Å²) in [7, 11) is 1.64. The van der Waals surface area contributed by atoms with Crippen LogP contribution >= 0.6 is 0 Å². The Morgan fingerprint density at radius 2 is 2.30 bits per heavy atom. The predicted octanol–water partition coefficient (Wildman–Crippen LogP) is 1.39. The highest BCUT2D eigenvalue weighted by atomic mass is 16.5. The van der Waals surface area contributed by atoms with E-state index in [0.717, 1.165) is 36.3 Å². The SMILES string of the molecule is COc1cccc(-c2cn(CC[C@H]3CC[C@H](NC(C)=O)[C@H](CO)O3)nn2)c1. The van der Waals surface area contributed by atoms with Crippen molar-refractivity contribution in [2.45, 2.75) is 51.0 Å². The number of hydrogen-bond acceptors (Lipinski definition) is 6. The van der Waals surface area contributed by atoms with Gasteiger partial charge in [0.2, 0.25) is 5.91 Å². The number of nitrogens with one attached hydrogen (secondary N) is 1. The first-order valence-corrected chi connectivity index (χ1v) is 9.17. The Morgan fingerprint density at radius 3 is 3.04 bits per heavy atom. The van der Waals surface area contributed by atoms with Crippen LogP contribution in [0.15, 0.2) is 30.5 Å². The highest BCUT2D eigenvalue weighted by Crippen LogP contribution is 2.24. The molecule has 8 nitrogen and oxygen atoms in total. The number of ether oxygens (including phenoxy) is 2. The van der Waals surface area contributed by atoms with E-state index < -0.39 is 0 Å². The molecule has 1 aliphatic heterocycles. The number of hydrogen-bond donors (Lipinski definition) is 2. The summed E-state index contributed by atoms with van der Waals surface area (Å²) < 4.78 is 13.0. The van der Waals surface area contributed by atoms with Crippen molar-refractivity contribution in [3.8, 4) is 17.0 Å². The molecular weight excluding hydrogens is 348 g/mol. The second-order valence-electron chi connectivity index (χ2n) is 6.75. The van der Waals surface area contributed by atoms with Gasteiger partial charge in [-0.1, -0.05) is 17.3 Å². The summed E-state index contributed by atoms with van der Waals surface area (Å²) in [6.45, 7) is 2.04. The second kappa shape index (κ2) is 8.96. The van der Waals surface area contributed by atoms with Crippen LogP contribution in [0, 0.1) is 0 Å². The predicted molar refractivity (Wildman–Crippen MR) is 99.2 cm³/mol. The van der Waals surface area contributed by atoms with E-state index in [1.54, 1.807) is 11.8 Å². The van der Waals surface area contributed by atoms with Gasteiger partial charge in [0.25, 0.3) is 0 Å². The Labute approximate surface area is 158 Å². The lowest BCUT2D eigenvalue weighted by molar-refractivity contribution is -0.126. The molecule has 1 aromatic heterocycles. The van der Waals surface area contributed by atoms with E-state index in [9.17, 15) is 9.90 Å². The number of carbonyl (C=O) groups excluding carboxylic acids is 1. The van der Waals surface area contributed by atoms with Gasteiger partial charge in [-0.3, -0.25) is 9.48 Å². The summed E-state index contributed by atoms with van der Waals surface area (Å²) in [6, 6.07) is 7.57. The molecule has 2 aromatic rings. The number of carbonyl (C=O) groups is 1. The van der Waals surface area contributed by atoms with Gasteiger partial charge in [-0.2, -0.15) is 0 Å². The maximum absolute atomic E-state index is 11.3. The molecule has 3 rings (SSSR count). The number of aliphatic hydroxyl groups is 1. The molecule has 146 valence electrons. The number of rotatable bonds is 7. The normalized spacial score (nSPS) is 22.4. The average Bonchev–Trinajstić information content (AvgIpc) is 3.16. The number of aliphatic hydroxyl groups excluding tert-OH is 1. The summed E-state index contributed by atoms with van der Waals surface area (Å²) in [5.41, 5.74) is 1.74. The topological polar surface area (TPSA) is 98.5 Å². The summed E-state index contributed by atoms with van der Waals surface area (Å²) >= 11 is 0. The molecule has 1 aromatic carbocycles. The third kappa shape index (κ3) is 5.05. The molecular formula is C19H26N4O4. The van der Waals surface area contributed by atoms with Crippen molar-refractivity contribution in [3.63, 3.8) is 0 Å². The lowest BCUT2D eigenvalue weighted by atomic mass is 9.97. The maximum atomic E-state index is 11.3. The van der Waals surface area contributed by atoms with Crippen molar-refractivity contribution in [2.24, 2.45) is 0 Å². The van der Waals surface area contributed by atoms with E-state index in [4.69, 9.17) is 9.47 Å². The van der Waals surface area contributed by atoms with Gasteiger partial charge in [0.1, 0.15) is 17.5 Å². The molecule has 0 unspecified atom stereocenters. The zero-order chi connectivity index (χ0) is 19.2. The third-order valence-electron chi connectivity index (χ3n) is 4.77. The van der Waals surface area contributed by atoms with E-state index >= 15 is 0 Å². The van der Waals surface area contributed by atoms with Crippen LogP contribution in [0.1, 0.15) is 26.2 Å². The molecule has 0 aliphatic carbocycles. The van der Waals surface area contributed by atoms with Gasteiger partial charge >= 0.3 is 0 Å². The molecule has 0 radical (unpaired) electrons. The highest BCUT2D eigenvalue weighted by molar-refractivity contribution is 5.73. The highest BCUT2D eigenvalue weighted by Gasteiger charge is 2.31. The van der Waals surface area contributed by atoms with Gasteiger partial charge in [-0.25, -0.2) is 0 Å². The molecule has 3 atom stereocenters. The first kappa shape index (κ1) is 19.3. The van der Waals surface area contributed by atoms with E-state index in [1.807, 2.05) is 30.5 Å². The Bertz CT molecular complexity index is 764. The summed E-state index contributed by atoms with van der Waals surface area (Å²) in [6.07, 6.45) is 3.96. The third-order valence-corrected chi connectivity index (χ3v) is 4.77. The van der Waals surface area contributed by atoms with Crippen molar-refractivity contribution >= 4 is 5.91 Å². The lowest BCUT2D eigenvalue weighted by Gasteiger charge is -2.36. The van der Waals surface area contributed by atoms with Crippen molar-refractivity contribution in [3.05, 3.63) is 30.5 Å². The quantitative estimate of drug-likeness (QED) is 0.760. The first-order chi connectivity index (χ1) is 13.1. The minimum absolute atomic E-state index is 0.0247. The molecule has 0 saturated carbocycles. The van der Waals surface area contributed by atoms with Crippen LogP contribution in [0.2, 0.25) is 0 Å². The Hall–Kier alpha value is -2.45. The minimum Gasteiger partial charge on any atom is -0.497 e. The maximum Gasteiger partial charge on any atom is 0.217 e. The van der Waals surface area contributed by atoms with Crippen LogP contribution in [-0.2, 0) is 16.1 Å². The van der Waals surface area contributed by atoms with Crippen LogP contribution in [-0.4, -0.2) is 58.0 Å². The Balaban J connectivity index is 1.55. The number of aromatic nitrogens is 3. The van der Waals surface area contributed by atoms with Gasteiger partial charge in [0.05, 0.1) is 32.1 Å². The molecule has 1 amide bonds. The van der Waals surface area contributed by atoms with E-state index in [2.05, 4.69) is 15.6 Å². The van der Waals surface area contributed by atoms with E-state index in [1.165, 1.54) is 6.92 Å². The fourth-order valence-electron chi connectivity index (χ4n) is 3.37. The first-order valence-electron chi connectivity index (χ1n) is 9.17. The van der Waals surface area contributed by atoms with Crippen LogP contribution < -0.4 is 10.1 Å². The van der Waals surface area contributed by atoms with Gasteiger partial charge in [-0.05, 0) is 31.4 Å². The van der Waals surface area contributed by atoms with Gasteiger partial charge in [-0.15, -0.1) is 5.10 Å². The zero-order valence-electron chi connectivity index (χ0n) is 15.7. The molecule has 1 aliphatic rings. The number of nitrogens with zero attached hydrogens (tertiary/aromatic N) is 3. The largest absolute Gasteiger partial charge is 0.497 e. The van der Waals surface area contributed by atoms with Crippen LogP contribution in [0.3, 0.4) is 0 Å². The van der Waals surface area contributed by atoms with Gasteiger partial charge < -0.3 is 19.9 Å². The number of benzene rings is 1. The number of amides is 1. The summed E-state index contributed by atoms with van der Waals surface area (Å²) in [5, 5.41) is 20.8. The smallest absolute Gasteiger partial charge is 0.217 e. The molecule has 8 heteroatoms. The molecule has 27 heavy (non-hydrogen) atoms. The Kier molecular flexibility index (Phi) is 6.41. The second-order valence-corrected chi connectivity index (χ2v) is 6.75. The van der Waals surface area contributed by atoms with Crippen LogP contribution in [0.4, 0.5) is 0 Å². The van der Waals surface area contributed by atoms with E-state index in [0.29, 0.717) is 6.54 Å². The molecule has 1 fully saturated rings. The minimum atomic E-state index is -0.365. The van der Waals surface area contributed by atoms with Crippen LogP contribution in [0.25, 0.3) is 11.3 Å². The molecule has 2 N–H and O–H groups in total. The number of aryl methyl sites for hydroxylation is 1. The van der Waals surface area contributed by atoms with Crippen molar-refractivity contribution < 1.29 is 19.4 Å². The average molecular weight is 374 g/mol. The standard InChI is InChI=1S/C19H26N4O4/c1-13(25)20-17-7-6-15(27-19(17)12-24)8-9-23-11-18(21-22-23)14-4-3-5-16(10-14)26-2/h3-5,10-11,15,17,19,24H,6-9,12H2,1-2H3,(H,20,25)/t15-,17+,19+/m1/s1. The fourth-order valence-corrected chi connectivity index (χ4v) is 3.37. The van der Waals surface area contributed by atoms with Crippen molar-refractivity contribution in [1.82, 2.24) is 20.3 Å². The number of methoxy groups -OCH3 is 1. The monoisotopic (exact) mass is 374 g/mol. The molecule has 0 spiro atoms. The zero-order valence-corrected chi connectivity index (χ0v) is 15.7. The van der Waals surface area contributed by atoms with Crippen LogP contribution in [0.5, 0.6) is 5.75 Å². The van der Waals surface area contributed by atoms with Crippen molar-refractivity contribution in [2.75, 3.05) is 13.7 Å². The fraction of sp³-hybridized carbons (Fsp3) is 0.526. The molecule has 2 heterocycles. The Morgan fingerprint density at radius 1 is 1.44 bits per heavy atom. The molecule has 0 bridgehead atoms. The van der Waals surface area contributed by atoms with Gasteiger partial charge in [0, 0.05) is 19.0 Å². The molecule has 1 saturated heterocycles. The summed E-state index contributed by atoms with van der Waals surface area (Å²) in [4.78, 5) is 11.3.